The van der Waals surface area contributed by atoms with Gasteiger partial charge in [-0.2, -0.15) is 0 Å². The maximum absolute atomic E-state index is 11.7. The first-order valence-electron chi connectivity index (χ1n) is 6.29. The predicted octanol–water partition coefficient (Wildman–Crippen LogP) is 3.19. The molecule has 1 amide bonds. The number of benzene rings is 1. The minimum atomic E-state index is -0.398. The highest BCUT2D eigenvalue weighted by atomic mass is 32.2. The van der Waals surface area contributed by atoms with E-state index in [2.05, 4.69) is 5.32 Å². The van der Waals surface area contributed by atoms with Gasteiger partial charge in [0.1, 0.15) is 0 Å². The van der Waals surface area contributed by atoms with E-state index in [1.165, 1.54) is 11.3 Å². The van der Waals surface area contributed by atoms with Crippen molar-refractivity contribution in [1.82, 2.24) is 0 Å². The fourth-order valence-corrected chi connectivity index (χ4v) is 2.80. The number of hydrogen-bond acceptors (Lipinski definition) is 5. The largest absolute Gasteiger partial charge is 0.455 e. The molecule has 0 aliphatic rings. The van der Waals surface area contributed by atoms with Crippen molar-refractivity contribution in [2.24, 2.45) is 0 Å². The van der Waals surface area contributed by atoms with E-state index in [1.54, 1.807) is 17.8 Å². The quantitative estimate of drug-likeness (QED) is 0.656. The van der Waals surface area contributed by atoms with Crippen LogP contribution in [0.4, 0.5) is 5.69 Å². The van der Waals surface area contributed by atoms with Gasteiger partial charge in [-0.25, -0.2) is 0 Å². The van der Waals surface area contributed by atoms with Crippen LogP contribution in [0.25, 0.3) is 0 Å². The van der Waals surface area contributed by atoms with Crippen LogP contribution < -0.4 is 5.32 Å². The lowest BCUT2D eigenvalue weighted by Crippen LogP contribution is -2.21. The molecule has 2 aromatic rings. The summed E-state index contributed by atoms with van der Waals surface area (Å²) >= 11 is 3.08. The molecule has 1 N–H and O–H groups in total. The third-order valence-corrected chi connectivity index (χ3v) is 4.22. The first kappa shape index (κ1) is 15.6. The number of esters is 1. The highest BCUT2D eigenvalue weighted by molar-refractivity contribution is 7.98. The molecule has 0 fully saturated rings. The summed E-state index contributed by atoms with van der Waals surface area (Å²) in [7, 11) is 0. The van der Waals surface area contributed by atoms with E-state index in [1.807, 2.05) is 42.0 Å². The Balaban J connectivity index is 1.77. The van der Waals surface area contributed by atoms with Gasteiger partial charge in [-0.15, -0.1) is 23.1 Å². The Kier molecular flexibility index (Phi) is 5.83. The second-order valence-corrected chi connectivity index (χ2v) is 6.11. The van der Waals surface area contributed by atoms with Crippen molar-refractivity contribution in [2.75, 3.05) is 18.2 Å². The summed E-state index contributed by atoms with van der Waals surface area (Å²) in [6.45, 7) is -0.270. The van der Waals surface area contributed by atoms with Crippen molar-refractivity contribution in [3.8, 4) is 0 Å². The molecule has 6 heteroatoms. The number of hydrogen-bond donors (Lipinski definition) is 1. The summed E-state index contributed by atoms with van der Waals surface area (Å²) < 4.78 is 4.96. The second-order valence-electron chi connectivity index (χ2n) is 4.20. The Morgan fingerprint density at radius 1 is 1.29 bits per heavy atom. The van der Waals surface area contributed by atoms with E-state index in [0.29, 0.717) is 5.69 Å². The molecule has 0 unspecified atom stereocenters. The molecule has 2 rings (SSSR count). The summed E-state index contributed by atoms with van der Waals surface area (Å²) in [5.74, 6) is -0.738. The molecule has 1 aromatic carbocycles. The van der Waals surface area contributed by atoms with Gasteiger partial charge in [-0.3, -0.25) is 9.59 Å². The number of rotatable bonds is 6. The zero-order chi connectivity index (χ0) is 15.1. The number of nitrogens with one attached hydrogen (secondary N) is 1. The first-order chi connectivity index (χ1) is 10.2. The Bertz CT molecular complexity index is 611. The van der Waals surface area contributed by atoms with Crippen LogP contribution in [0, 0.1) is 0 Å². The first-order valence-corrected chi connectivity index (χ1v) is 8.40. The summed E-state index contributed by atoms with van der Waals surface area (Å²) in [5, 5.41) is 4.60. The van der Waals surface area contributed by atoms with Crippen LogP contribution in [0.3, 0.4) is 0 Å². The summed E-state index contributed by atoms with van der Waals surface area (Å²) in [6, 6.07) is 11.2. The van der Waals surface area contributed by atoms with E-state index in [0.717, 1.165) is 9.77 Å². The molecule has 0 bridgehead atoms. The van der Waals surface area contributed by atoms with E-state index >= 15 is 0 Å². The van der Waals surface area contributed by atoms with Crippen molar-refractivity contribution < 1.29 is 14.3 Å². The van der Waals surface area contributed by atoms with Crippen molar-refractivity contribution in [3.05, 3.63) is 46.7 Å². The molecule has 1 aromatic heterocycles. The molecule has 0 atom stereocenters. The minimum Gasteiger partial charge on any atom is -0.455 e. The number of amides is 1. The molecular weight excluding hydrogens is 306 g/mol. The van der Waals surface area contributed by atoms with Crippen LogP contribution in [0.1, 0.15) is 4.88 Å². The molecular formula is C15H15NO3S2. The smallest absolute Gasteiger partial charge is 0.311 e. The predicted molar refractivity (Wildman–Crippen MR) is 85.8 cm³/mol. The molecule has 0 spiro atoms. The van der Waals surface area contributed by atoms with E-state index < -0.39 is 5.97 Å². The topological polar surface area (TPSA) is 55.4 Å². The monoisotopic (exact) mass is 321 g/mol. The van der Waals surface area contributed by atoms with Crippen LogP contribution >= 0.6 is 23.1 Å². The van der Waals surface area contributed by atoms with Gasteiger partial charge in [0.2, 0.25) is 0 Å². The van der Waals surface area contributed by atoms with Crippen molar-refractivity contribution >= 4 is 40.7 Å². The Labute approximate surface area is 131 Å². The van der Waals surface area contributed by atoms with E-state index in [-0.39, 0.29) is 18.9 Å². The molecule has 0 saturated carbocycles. The number of ether oxygens (including phenoxy) is 1. The Morgan fingerprint density at radius 3 is 2.86 bits per heavy atom. The van der Waals surface area contributed by atoms with Gasteiger partial charge in [0.25, 0.3) is 5.91 Å². The SMILES string of the molecule is CSc1cccc(NC(=O)COC(=O)Cc2cccs2)c1. The maximum atomic E-state index is 11.7. The Morgan fingerprint density at radius 2 is 2.14 bits per heavy atom. The average molecular weight is 321 g/mol. The average Bonchev–Trinajstić information content (AvgIpc) is 2.98. The summed E-state index contributed by atoms with van der Waals surface area (Å²) in [4.78, 5) is 25.3. The maximum Gasteiger partial charge on any atom is 0.311 e. The lowest BCUT2D eigenvalue weighted by molar-refractivity contribution is -0.146. The van der Waals surface area contributed by atoms with Crippen LogP contribution in [0.15, 0.2) is 46.7 Å². The molecule has 21 heavy (non-hydrogen) atoms. The zero-order valence-corrected chi connectivity index (χ0v) is 13.1. The molecule has 0 radical (unpaired) electrons. The van der Waals surface area contributed by atoms with Gasteiger partial charge < -0.3 is 10.1 Å². The number of carbonyl (C=O) groups is 2. The fourth-order valence-electron chi connectivity index (χ4n) is 1.65. The number of carbonyl (C=O) groups excluding carboxylic acids is 2. The molecule has 110 valence electrons. The third kappa shape index (κ3) is 5.24. The summed E-state index contributed by atoms with van der Waals surface area (Å²) in [5.41, 5.74) is 0.696. The van der Waals surface area contributed by atoms with Crippen LogP contribution in [0.2, 0.25) is 0 Å². The second kappa shape index (κ2) is 7.85. The van der Waals surface area contributed by atoms with E-state index in [4.69, 9.17) is 4.74 Å². The van der Waals surface area contributed by atoms with Crippen molar-refractivity contribution in [3.63, 3.8) is 0 Å². The highest BCUT2D eigenvalue weighted by Crippen LogP contribution is 2.18. The van der Waals surface area contributed by atoms with Gasteiger partial charge in [-0.1, -0.05) is 12.1 Å². The van der Waals surface area contributed by atoms with Crippen LogP contribution in [-0.4, -0.2) is 24.7 Å². The van der Waals surface area contributed by atoms with Gasteiger partial charge in [0.05, 0.1) is 6.42 Å². The lowest BCUT2D eigenvalue weighted by atomic mass is 10.3. The van der Waals surface area contributed by atoms with Crippen molar-refractivity contribution in [2.45, 2.75) is 11.3 Å². The standard InChI is InChI=1S/C15H15NO3S2/c1-20-12-5-2-4-11(8-12)16-14(17)10-19-15(18)9-13-6-3-7-21-13/h2-8H,9-10H2,1H3,(H,16,17). The third-order valence-electron chi connectivity index (χ3n) is 2.62. The number of anilines is 1. The highest BCUT2D eigenvalue weighted by Gasteiger charge is 2.09. The van der Waals surface area contributed by atoms with Gasteiger partial charge >= 0.3 is 5.97 Å². The molecule has 0 aliphatic heterocycles. The normalized spacial score (nSPS) is 10.1. The zero-order valence-electron chi connectivity index (χ0n) is 11.5. The summed E-state index contributed by atoms with van der Waals surface area (Å²) in [6.07, 6.45) is 2.17. The lowest BCUT2D eigenvalue weighted by Gasteiger charge is -2.07. The molecule has 4 nitrogen and oxygen atoms in total. The van der Waals surface area contributed by atoms with Gasteiger partial charge in [0, 0.05) is 15.5 Å². The minimum absolute atomic E-state index is 0.201. The van der Waals surface area contributed by atoms with Crippen molar-refractivity contribution in [1.29, 1.82) is 0 Å². The fraction of sp³-hybridized carbons (Fsp3) is 0.200. The number of thiophene rings is 1. The van der Waals surface area contributed by atoms with E-state index in [9.17, 15) is 9.59 Å². The van der Waals surface area contributed by atoms with Gasteiger partial charge in [0.15, 0.2) is 6.61 Å². The molecule has 0 aliphatic carbocycles. The molecule has 1 heterocycles. The van der Waals surface area contributed by atoms with Gasteiger partial charge in [-0.05, 0) is 35.9 Å². The number of thioether (sulfide) groups is 1. The van der Waals surface area contributed by atoms with Crippen LogP contribution in [0.5, 0.6) is 0 Å². The Hall–Kier alpha value is -1.79. The molecule has 0 saturated heterocycles. The van der Waals surface area contributed by atoms with Crippen LogP contribution in [-0.2, 0) is 20.7 Å².